The van der Waals surface area contributed by atoms with E-state index in [1.54, 1.807) is 0 Å². The predicted molar refractivity (Wildman–Crippen MR) is 88.8 cm³/mol. The Morgan fingerprint density at radius 3 is 2.50 bits per heavy atom. The molecule has 1 aliphatic heterocycles. The van der Waals surface area contributed by atoms with E-state index in [9.17, 15) is 0 Å². The molecule has 2 heterocycles. The summed E-state index contributed by atoms with van der Waals surface area (Å²) in [5.41, 5.74) is 1.28. The molecule has 1 aromatic rings. The van der Waals surface area contributed by atoms with Crippen molar-refractivity contribution in [1.29, 1.82) is 0 Å². The van der Waals surface area contributed by atoms with Gasteiger partial charge in [-0.25, -0.2) is 4.98 Å². The van der Waals surface area contributed by atoms with E-state index in [0.29, 0.717) is 18.0 Å². The Balaban J connectivity index is 2.20. The van der Waals surface area contributed by atoms with Gasteiger partial charge in [0.15, 0.2) is 5.13 Å². The number of nitrogens with zero attached hydrogens (tertiary/aromatic N) is 2. The molecule has 0 aromatic carbocycles. The van der Waals surface area contributed by atoms with Crippen LogP contribution in [0.15, 0.2) is 0 Å². The number of nitrogens with one attached hydrogen (secondary N) is 1. The molecule has 1 saturated heterocycles. The van der Waals surface area contributed by atoms with Crippen LogP contribution in [0, 0.1) is 5.92 Å². The van der Waals surface area contributed by atoms with Crippen LogP contribution < -0.4 is 10.2 Å². The van der Waals surface area contributed by atoms with Crippen molar-refractivity contribution in [3.63, 3.8) is 0 Å². The SMILES string of the molecule is CC1CC(C)N(c2nc(C(C)C)c(CNC(C)C)s2)C1. The second-order valence-electron chi connectivity index (χ2n) is 6.84. The van der Waals surface area contributed by atoms with Crippen molar-refractivity contribution in [1.82, 2.24) is 10.3 Å². The van der Waals surface area contributed by atoms with Crippen LogP contribution in [-0.2, 0) is 6.54 Å². The second kappa shape index (κ2) is 6.44. The van der Waals surface area contributed by atoms with Crippen molar-refractivity contribution in [3.05, 3.63) is 10.6 Å². The average Bonchev–Trinajstić information content (AvgIpc) is 2.89. The highest BCUT2D eigenvalue weighted by molar-refractivity contribution is 7.15. The third-order valence-electron chi connectivity index (χ3n) is 3.96. The van der Waals surface area contributed by atoms with Gasteiger partial charge in [-0.1, -0.05) is 34.6 Å². The van der Waals surface area contributed by atoms with Crippen molar-refractivity contribution >= 4 is 16.5 Å². The molecule has 0 spiro atoms. The van der Waals surface area contributed by atoms with E-state index in [-0.39, 0.29) is 0 Å². The Morgan fingerprint density at radius 1 is 1.30 bits per heavy atom. The molecule has 114 valence electrons. The van der Waals surface area contributed by atoms with Crippen molar-refractivity contribution in [2.75, 3.05) is 11.4 Å². The third-order valence-corrected chi connectivity index (χ3v) is 5.07. The fraction of sp³-hybridized carbons (Fsp3) is 0.812. The molecule has 1 N–H and O–H groups in total. The molecule has 0 aliphatic carbocycles. The van der Waals surface area contributed by atoms with Crippen molar-refractivity contribution in [2.24, 2.45) is 5.92 Å². The molecule has 1 aliphatic rings. The highest BCUT2D eigenvalue weighted by Crippen LogP contribution is 2.35. The standard InChI is InChI=1S/C16H29N3S/c1-10(2)15-14(8-17-11(3)4)20-16(18-15)19-9-12(5)7-13(19)6/h10-13,17H,7-9H2,1-6H3. The Bertz CT molecular complexity index is 439. The Morgan fingerprint density at radius 2 is 2.00 bits per heavy atom. The maximum Gasteiger partial charge on any atom is 0.186 e. The molecule has 2 rings (SSSR count). The maximum atomic E-state index is 4.96. The molecule has 1 fully saturated rings. The molecular weight excluding hydrogens is 266 g/mol. The first-order chi connectivity index (χ1) is 9.38. The molecule has 20 heavy (non-hydrogen) atoms. The Labute approximate surface area is 127 Å². The van der Waals surface area contributed by atoms with E-state index in [1.165, 1.54) is 22.1 Å². The van der Waals surface area contributed by atoms with Crippen LogP contribution in [-0.4, -0.2) is 23.6 Å². The summed E-state index contributed by atoms with van der Waals surface area (Å²) >= 11 is 1.89. The van der Waals surface area contributed by atoms with Gasteiger partial charge in [0.05, 0.1) is 5.69 Å². The lowest BCUT2D eigenvalue weighted by molar-refractivity contribution is 0.588. The molecule has 1 aromatic heterocycles. The Kier molecular flexibility index (Phi) is 5.08. The predicted octanol–water partition coefficient (Wildman–Crippen LogP) is 4.00. The summed E-state index contributed by atoms with van der Waals surface area (Å²) in [6.45, 7) is 15.6. The summed E-state index contributed by atoms with van der Waals surface area (Å²) in [7, 11) is 0. The van der Waals surface area contributed by atoms with E-state index in [0.717, 1.165) is 19.0 Å². The van der Waals surface area contributed by atoms with E-state index < -0.39 is 0 Å². The smallest absolute Gasteiger partial charge is 0.186 e. The number of aromatic nitrogens is 1. The quantitative estimate of drug-likeness (QED) is 0.890. The number of hydrogen-bond donors (Lipinski definition) is 1. The van der Waals surface area contributed by atoms with Gasteiger partial charge in [0.2, 0.25) is 0 Å². The molecular formula is C16H29N3S. The van der Waals surface area contributed by atoms with Crippen molar-refractivity contribution < 1.29 is 0 Å². The van der Waals surface area contributed by atoms with Gasteiger partial charge in [-0.3, -0.25) is 0 Å². The van der Waals surface area contributed by atoms with Crippen LogP contribution in [0.2, 0.25) is 0 Å². The lowest BCUT2D eigenvalue weighted by Gasteiger charge is -2.20. The lowest BCUT2D eigenvalue weighted by Crippen LogP contribution is -2.26. The van der Waals surface area contributed by atoms with Gasteiger partial charge in [-0.15, -0.1) is 11.3 Å². The summed E-state index contributed by atoms with van der Waals surface area (Å²) in [6.07, 6.45) is 1.29. The number of anilines is 1. The summed E-state index contributed by atoms with van der Waals surface area (Å²) in [5.74, 6) is 1.29. The highest BCUT2D eigenvalue weighted by atomic mass is 32.1. The van der Waals surface area contributed by atoms with Gasteiger partial charge >= 0.3 is 0 Å². The van der Waals surface area contributed by atoms with E-state index in [1.807, 2.05) is 11.3 Å². The maximum absolute atomic E-state index is 4.96. The lowest BCUT2D eigenvalue weighted by atomic mass is 10.1. The summed E-state index contributed by atoms with van der Waals surface area (Å²) in [6, 6.07) is 1.15. The zero-order valence-electron chi connectivity index (χ0n) is 13.7. The first kappa shape index (κ1) is 15.8. The summed E-state index contributed by atoms with van der Waals surface area (Å²) in [5, 5.41) is 4.76. The van der Waals surface area contributed by atoms with Gasteiger partial charge in [0.1, 0.15) is 0 Å². The number of thiazole rings is 1. The normalized spacial score (nSPS) is 23.3. The van der Waals surface area contributed by atoms with Gasteiger partial charge in [-0.2, -0.15) is 0 Å². The molecule has 0 amide bonds. The van der Waals surface area contributed by atoms with Gasteiger partial charge in [0, 0.05) is 30.1 Å². The van der Waals surface area contributed by atoms with Gasteiger partial charge < -0.3 is 10.2 Å². The van der Waals surface area contributed by atoms with Crippen LogP contribution in [0.5, 0.6) is 0 Å². The van der Waals surface area contributed by atoms with Crippen LogP contribution in [0.25, 0.3) is 0 Å². The van der Waals surface area contributed by atoms with Crippen LogP contribution in [0.4, 0.5) is 5.13 Å². The number of hydrogen-bond acceptors (Lipinski definition) is 4. The highest BCUT2D eigenvalue weighted by Gasteiger charge is 2.29. The third kappa shape index (κ3) is 3.53. The first-order valence-corrected chi connectivity index (χ1v) is 8.69. The topological polar surface area (TPSA) is 28.2 Å². The van der Waals surface area contributed by atoms with Crippen molar-refractivity contribution in [2.45, 2.75) is 72.5 Å². The average molecular weight is 295 g/mol. The molecule has 2 unspecified atom stereocenters. The molecule has 4 heteroatoms. The molecule has 2 atom stereocenters. The zero-order valence-corrected chi connectivity index (χ0v) is 14.5. The van der Waals surface area contributed by atoms with Gasteiger partial charge in [0.25, 0.3) is 0 Å². The van der Waals surface area contributed by atoms with E-state index in [2.05, 4.69) is 51.8 Å². The van der Waals surface area contributed by atoms with Crippen LogP contribution in [0.3, 0.4) is 0 Å². The minimum absolute atomic E-state index is 0.499. The minimum atomic E-state index is 0.499. The van der Waals surface area contributed by atoms with Crippen LogP contribution >= 0.6 is 11.3 Å². The first-order valence-electron chi connectivity index (χ1n) is 7.88. The van der Waals surface area contributed by atoms with Gasteiger partial charge in [-0.05, 0) is 25.2 Å². The fourth-order valence-corrected chi connectivity index (χ4v) is 4.19. The van der Waals surface area contributed by atoms with Crippen LogP contribution in [0.1, 0.15) is 64.5 Å². The monoisotopic (exact) mass is 295 g/mol. The second-order valence-corrected chi connectivity index (χ2v) is 7.90. The number of rotatable bonds is 5. The zero-order chi connectivity index (χ0) is 14.9. The molecule has 0 saturated carbocycles. The molecule has 0 bridgehead atoms. The summed E-state index contributed by atoms with van der Waals surface area (Å²) in [4.78, 5) is 8.87. The Hall–Kier alpha value is -0.610. The van der Waals surface area contributed by atoms with Crippen molar-refractivity contribution in [3.8, 4) is 0 Å². The van der Waals surface area contributed by atoms with E-state index >= 15 is 0 Å². The molecule has 0 radical (unpaired) electrons. The van der Waals surface area contributed by atoms with E-state index in [4.69, 9.17) is 4.98 Å². The fourth-order valence-electron chi connectivity index (χ4n) is 2.91. The summed E-state index contributed by atoms with van der Waals surface area (Å²) < 4.78 is 0. The molecule has 3 nitrogen and oxygen atoms in total. The largest absolute Gasteiger partial charge is 0.345 e. The minimum Gasteiger partial charge on any atom is -0.345 e.